The number of hydrogen-bond acceptors (Lipinski definition) is 6. The molecule has 2 heterocycles. The topological polar surface area (TPSA) is 77.3 Å². The van der Waals surface area contributed by atoms with Crippen LogP contribution in [0.15, 0.2) is 0 Å². The fourth-order valence-electron chi connectivity index (χ4n) is 2.11. The number of aromatic nitrogens is 6. The van der Waals surface area contributed by atoms with E-state index in [-0.39, 0.29) is 31.1 Å². The molecular weight excluding hydrogens is 501 g/mol. The van der Waals surface area contributed by atoms with Crippen molar-refractivity contribution in [2.45, 2.75) is 53.6 Å². The van der Waals surface area contributed by atoms with Crippen molar-refractivity contribution in [2.75, 3.05) is 0 Å². The van der Waals surface area contributed by atoms with Crippen LogP contribution in [0.2, 0.25) is 20.0 Å². The number of nitrogens with zero attached hydrogens (tertiary/aromatic N) is 6. The van der Waals surface area contributed by atoms with Crippen LogP contribution in [0.1, 0.15) is 34.9 Å². The molecule has 8 heteroatoms. The van der Waals surface area contributed by atoms with Gasteiger partial charge in [-0.3, -0.25) is 0 Å². The van der Waals surface area contributed by atoms with Gasteiger partial charge in [0.05, 0.1) is 6.42 Å². The van der Waals surface area contributed by atoms with Crippen molar-refractivity contribution < 1.29 is 31.1 Å². The molecule has 0 aromatic carbocycles. The second kappa shape index (κ2) is 8.69. The van der Waals surface area contributed by atoms with Gasteiger partial charge in [0.2, 0.25) is 0 Å². The molecule has 0 spiro atoms. The number of aryl methyl sites for hydroxylation is 4. The largest absolute Gasteiger partial charge is 0.219 e. The SMILES string of the molecule is CB(C)CCc1nc(C)nc(Cc2nc(C)nc(C)n2)n1.[U]. The molecule has 0 N–H and O–H groups in total. The first-order valence-corrected chi connectivity index (χ1v) is 7.31. The van der Waals surface area contributed by atoms with Gasteiger partial charge in [0, 0.05) is 37.5 Å². The molecule has 2 aromatic heterocycles. The third-order valence-corrected chi connectivity index (χ3v) is 3.01. The second-order valence-corrected chi connectivity index (χ2v) is 5.67. The van der Waals surface area contributed by atoms with Gasteiger partial charge in [-0.2, -0.15) is 0 Å². The van der Waals surface area contributed by atoms with Gasteiger partial charge in [-0.15, -0.1) is 0 Å². The van der Waals surface area contributed by atoms with Crippen molar-refractivity contribution in [1.29, 1.82) is 0 Å². The fraction of sp³-hybridized carbons (Fsp3) is 0.571. The van der Waals surface area contributed by atoms with Crippen LogP contribution in [-0.4, -0.2) is 36.6 Å². The van der Waals surface area contributed by atoms with Crippen molar-refractivity contribution in [3.8, 4) is 0 Å². The molecule has 0 aliphatic heterocycles. The Morgan fingerprint density at radius 3 is 1.68 bits per heavy atom. The molecule has 0 saturated heterocycles. The summed E-state index contributed by atoms with van der Waals surface area (Å²) in [5.74, 6) is 4.49. The van der Waals surface area contributed by atoms with Crippen molar-refractivity contribution in [3.05, 3.63) is 34.9 Å². The van der Waals surface area contributed by atoms with E-state index in [1.165, 1.54) is 0 Å². The molecule has 0 unspecified atom stereocenters. The average molecular weight is 522 g/mol. The molecule has 6 nitrogen and oxygen atoms in total. The van der Waals surface area contributed by atoms with Crippen LogP contribution in [0.4, 0.5) is 0 Å². The summed E-state index contributed by atoms with van der Waals surface area (Å²) in [5.41, 5.74) is 0. The zero-order chi connectivity index (χ0) is 15.4. The molecule has 0 aliphatic rings. The van der Waals surface area contributed by atoms with E-state index in [0.29, 0.717) is 19.0 Å². The Kier molecular flexibility index (Phi) is 7.57. The second-order valence-electron chi connectivity index (χ2n) is 5.67. The predicted molar refractivity (Wildman–Crippen MR) is 82.7 cm³/mol. The van der Waals surface area contributed by atoms with Crippen LogP contribution < -0.4 is 0 Å². The number of hydrogen-bond donors (Lipinski definition) is 0. The van der Waals surface area contributed by atoms with Gasteiger partial charge in [0.25, 0.3) is 0 Å². The summed E-state index contributed by atoms with van der Waals surface area (Å²) in [4.78, 5) is 26.2. The molecule has 2 aromatic rings. The molecule has 0 atom stereocenters. The summed E-state index contributed by atoms with van der Waals surface area (Å²) in [6, 6.07) is 0. The summed E-state index contributed by atoms with van der Waals surface area (Å²) in [7, 11) is 0. The molecule has 2 rings (SSSR count). The van der Waals surface area contributed by atoms with Gasteiger partial charge in [-0.1, -0.05) is 20.0 Å². The standard InChI is InChI=1S/C14H21BN6.U/c1-9-16-10(2)19-13(18-9)8-14-20-11(3)17-12(21-14)6-7-15(4)5;/h6-8H2,1-5H3;. The van der Waals surface area contributed by atoms with Crippen LogP contribution in [0.3, 0.4) is 0 Å². The molecule has 0 saturated carbocycles. The predicted octanol–water partition coefficient (Wildman–Crippen LogP) is 1.87. The van der Waals surface area contributed by atoms with Gasteiger partial charge in [0.1, 0.15) is 41.7 Å². The maximum Gasteiger partial charge on any atom is 0.140 e. The normalized spacial score (nSPS) is 10.2. The van der Waals surface area contributed by atoms with Crippen molar-refractivity contribution in [3.63, 3.8) is 0 Å². The molecule has 114 valence electrons. The fourth-order valence-corrected chi connectivity index (χ4v) is 2.11. The van der Waals surface area contributed by atoms with E-state index in [4.69, 9.17) is 0 Å². The van der Waals surface area contributed by atoms with Crippen molar-refractivity contribution in [2.24, 2.45) is 0 Å². The first kappa shape index (κ1) is 19.2. The van der Waals surface area contributed by atoms with Crippen LogP contribution in [0.25, 0.3) is 0 Å². The Labute approximate surface area is 155 Å². The Bertz CT molecular complexity index is 614. The monoisotopic (exact) mass is 522 g/mol. The van der Waals surface area contributed by atoms with Crippen LogP contribution in [0.5, 0.6) is 0 Å². The quantitative estimate of drug-likeness (QED) is 0.559. The molecular formula is C14H21BN6U. The first-order chi connectivity index (χ1) is 9.92. The zero-order valence-corrected chi connectivity index (χ0v) is 18.0. The smallest absolute Gasteiger partial charge is 0.140 e. The molecule has 0 bridgehead atoms. The van der Waals surface area contributed by atoms with E-state index in [1.807, 2.05) is 20.8 Å². The van der Waals surface area contributed by atoms with Gasteiger partial charge in [0.15, 0.2) is 0 Å². The van der Waals surface area contributed by atoms with E-state index in [9.17, 15) is 0 Å². The van der Waals surface area contributed by atoms with Gasteiger partial charge in [-0.25, -0.2) is 29.9 Å². The number of rotatable bonds is 5. The molecule has 0 aliphatic carbocycles. The summed E-state index contributed by atoms with van der Waals surface area (Å²) in [6.07, 6.45) is 2.47. The Morgan fingerprint density at radius 1 is 0.682 bits per heavy atom. The third-order valence-electron chi connectivity index (χ3n) is 3.01. The molecule has 22 heavy (non-hydrogen) atoms. The van der Waals surface area contributed by atoms with Crippen LogP contribution in [-0.2, 0) is 12.8 Å². The van der Waals surface area contributed by atoms with Crippen LogP contribution in [0, 0.1) is 51.9 Å². The summed E-state index contributed by atoms with van der Waals surface area (Å²) < 4.78 is 0. The van der Waals surface area contributed by atoms with Crippen LogP contribution >= 0.6 is 0 Å². The van der Waals surface area contributed by atoms with E-state index < -0.39 is 0 Å². The van der Waals surface area contributed by atoms with Gasteiger partial charge >= 0.3 is 0 Å². The summed E-state index contributed by atoms with van der Waals surface area (Å²) >= 11 is 0. The molecule has 0 fully saturated rings. The van der Waals surface area contributed by atoms with E-state index in [1.54, 1.807) is 0 Å². The van der Waals surface area contributed by atoms with Gasteiger partial charge in [-0.05, 0) is 20.8 Å². The molecule has 0 amide bonds. The first-order valence-electron chi connectivity index (χ1n) is 7.31. The van der Waals surface area contributed by atoms with Crippen molar-refractivity contribution in [1.82, 2.24) is 29.9 Å². The minimum Gasteiger partial charge on any atom is -0.219 e. The zero-order valence-electron chi connectivity index (χ0n) is 13.9. The maximum absolute atomic E-state index is 4.54. The van der Waals surface area contributed by atoms with Gasteiger partial charge < -0.3 is 0 Å². The maximum atomic E-state index is 4.54. The third kappa shape index (κ3) is 6.10. The summed E-state index contributed by atoms with van der Waals surface area (Å²) in [6.45, 7) is 10.7. The van der Waals surface area contributed by atoms with Crippen molar-refractivity contribution >= 4 is 6.71 Å². The Morgan fingerprint density at radius 2 is 1.14 bits per heavy atom. The molecule has 0 radical (unpaired) electrons. The average Bonchev–Trinajstić information content (AvgIpc) is 2.34. The summed E-state index contributed by atoms with van der Waals surface area (Å²) in [5, 5.41) is 0. The minimum absolute atomic E-state index is 0. The van der Waals surface area contributed by atoms with E-state index >= 15 is 0 Å². The van der Waals surface area contributed by atoms with E-state index in [0.717, 1.165) is 41.9 Å². The Hall–Kier alpha value is -0.863. The minimum atomic E-state index is 0. The van der Waals surface area contributed by atoms with E-state index in [2.05, 4.69) is 43.6 Å². The Balaban J connectivity index is 0.00000242.